The Bertz CT molecular complexity index is 630. The summed E-state index contributed by atoms with van der Waals surface area (Å²) >= 11 is 5.75. The van der Waals surface area contributed by atoms with Crippen LogP contribution in [-0.2, 0) is 0 Å². The van der Waals surface area contributed by atoms with Crippen molar-refractivity contribution in [1.82, 2.24) is 5.43 Å². The van der Waals surface area contributed by atoms with Gasteiger partial charge in [-0.15, -0.1) is 0 Å². The standard InChI is InChI=1S/C14H12ClN3O2/c15-12-8-10(6-7-13(12)19)9-16-18-14(20)17-11-4-2-1-3-5-11/h1-9,19H,(H2,17,18,20)/b16-9+. The first kappa shape index (κ1) is 13.9. The van der Waals surface area contributed by atoms with Crippen LogP contribution in [0.4, 0.5) is 10.5 Å². The van der Waals surface area contributed by atoms with Gasteiger partial charge < -0.3 is 10.4 Å². The van der Waals surface area contributed by atoms with Crippen LogP contribution >= 0.6 is 11.6 Å². The molecule has 2 amide bonds. The number of phenols is 1. The fraction of sp³-hybridized carbons (Fsp3) is 0. The second kappa shape index (κ2) is 6.58. The van der Waals surface area contributed by atoms with E-state index < -0.39 is 6.03 Å². The molecule has 0 atom stereocenters. The van der Waals surface area contributed by atoms with Crippen molar-refractivity contribution in [3.8, 4) is 5.75 Å². The van der Waals surface area contributed by atoms with E-state index in [2.05, 4.69) is 15.8 Å². The quantitative estimate of drug-likeness (QED) is 0.599. The van der Waals surface area contributed by atoms with Crippen molar-refractivity contribution in [1.29, 1.82) is 0 Å². The molecule has 0 aliphatic rings. The van der Waals surface area contributed by atoms with Crippen molar-refractivity contribution in [3.05, 3.63) is 59.1 Å². The van der Waals surface area contributed by atoms with Crippen molar-refractivity contribution in [3.63, 3.8) is 0 Å². The molecule has 0 saturated heterocycles. The van der Waals surface area contributed by atoms with Gasteiger partial charge >= 0.3 is 6.03 Å². The molecule has 102 valence electrons. The van der Waals surface area contributed by atoms with Crippen LogP contribution in [0.1, 0.15) is 5.56 Å². The van der Waals surface area contributed by atoms with Crippen LogP contribution in [-0.4, -0.2) is 17.4 Å². The number of aromatic hydroxyl groups is 1. The first-order chi connectivity index (χ1) is 9.65. The summed E-state index contributed by atoms with van der Waals surface area (Å²) < 4.78 is 0. The number of halogens is 1. The third-order valence-electron chi connectivity index (χ3n) is 2.38. The van der Waals surface area contributed by atoms with Gasteiger partial charge in [0.15, 0.2) is 0 Å². The van der Waals surface area contributed by atoms with E-state index in [0.29, 0.717) is 11.3 Å². The normalized spacial score (nSPS) is 10.4. The van der Waals surface area contributed by atoms with Crippen LogP contribution in [0.2, 0.25) is 5.02 Å². The number of para-hydroxylation sites is 1. The highest BCUT2D eigenvalue weighted by molar-refractivity contribution is 6.32. The third-order valence-corrected chi connectivity index (χ3v) is 2.69. The Morgan fingerprint density at radius 1 is 1.20 bits per heavy atom. The van der Waals surface area contributed by atoms with Crippen molar-refractivity contribution >= 4 is 29.5 Å². The molecule has 0 aromatic heterocycles. The Labute approximate surface area is 120 Å². The van der Waals surface area contributed by atoms with Crippen molar-refractivity contribution < 1.29 is 9.90 Å². The molecule has 2 aromatic rings. The van der Waals surface area contributed by atoms with Crippen LogP contribution in [0.5, 0.6) is 5.75 Å². The molecule has 0 heterocycles. The van der Waals surface area contributed by atoms with Crippen molar-refractivity contribution in [2.45, 2.75) is 0 Å². The Balaban J connectivity index is 1.89. The van der Waals surface area contributed by atoms with E-state index in [0.717, 1.165) is 0 Å². The highest BCUT2D eigenvalue weighted by Crippen LogP contribution is 2.22. The monoisotopic (exact) mass is 289 g/mol. The molecule has 0 unspecified atom stereocenters. The number of nitrogens with one attached hydrogen (secondary N) is 2. The fourth-order valence-electron chi connectivity index (χ4n) is 1.45. The lowest BCUT2D eigenvalue weighted by atomic mass is 10.2. The number of carbonyl (C=O) groups excluding carboxylic acids is 1. The average Bonchev–Trinajstić information content (AvgIpc) is 2.44. The Morgan fingerprint density at radius 3 is 2.65 bits per heavy atom. The largest absolute Gasteiger partial charge is 0.506 e. The van der Waals surface area contributed by atoms with Gasteiger partial charge in [0.05, 0.1) is 11.2 Å². The summed E-state index contributed by atoms with van der Waals surface area (Å²) in [7, 11) is 0. The van der Waals surface area contributed by atoms with E-state index in [-0.39, 0.29) is 10.8 Å². The zero-order valence-electron chi connectivity index (χ0n) is 10.4. The highest BCUT2D eigenvalue weighted by Gasteiger charge is 1.99. The van der Waals surface area contributed by atoms with Gasteiger partial charge in [0.2, 0.25) is 0 Å². The highest BCUT2D eigenvalue weighted by atomic mass is 35.5. The molecular weight excluding hydrogens is 278 g/mol. The second-order valence-corrected chi connectivity index (χ2v) is 4.31. The van der Waals surface area contributed by atoms with Gasteiger partial charge in [0.25, 0.3) is 0 Å². The summed E-state index contributed by atoms with van der Waals surface area (Å²) in [5, 5.41) is 15.9. The van der Waals surface area contributed by atoms with Crippen LogP contribution in [0.15, 0.2) is 53.6 Å². The molecule has 0 fully saturated rings. The molecular formula is C14H12ClN3O2. The Kier molecular flexibility index (Phi) is 4.57. The van der Waals surface area contributed by atoms with Crippen LogP contribution in [0.25, 0.3) is 0 Å². The molecule has 0 bridgehead atoms. The van der Waals surface area contributed by atoms with Crippen molar-refractivity contribution in [2.75, 3.05) is 5.32 Å². The lowest BCUT2D eigenvalue weighted by Crippen LogP contribution is -2.24. The number of benzene rings is 2. The summed E-state index contributed by atoms with van der Waals surface area (Å²) in [5.74, 6) is -0.00130. The van der Waals surface area contributed by atoms with Crippen LogP contribution in [0.3, 0.4) is 0 Å². The molecule has 0 radical (unpaired) electrons. The average molecular weight is 290 g/mol. The molecule has 0 aliphatic carbocycles. The minimum atomic E-state index is -0.447. The summed E-state index contributed by atoms with van der Waals surface area (Å²) in [6.45, 7) is 0. The van der Waals surface area contributed by atoms with Gasteiger partial charge in [-0.2, -0.15) is 5.10 Å². The van der Waals surface area contributed by atoms with Crippen molar-refractivity contribution in [2.24, 2.45) is 5.10 Å². The molecule has 5 nitrogen and oxygen atoms in total. The predicted octanol–water partition coefficient (Wildman–Crippen LogP) is 3.20. The summed E-state index contributed by atoms with van der Waals surface area (Å²) in [5.41, 5.74) is 3.66. The zero-order valence-corrected chi connectivity index (χ0v) is 11.1. The molecule has 3 N–H and O–H groups in total. The maximum Gasteiger partial charge on any atom is 0.339 e. The molecule has 2 aromatic carbocycles. The van der Waals surface area contributed by atoms with E-state index in [1.54, 1.807) is 18.2 Å². The number of nitrogens with zero attached hydrogens (tertiary/aromatic N) is 1. The van der Waals surface area contributed by atoms with E-state index in [9.17, 15) is 9.90 Å². The topological polar surface area (TPSA) is 73.7 Å². The zero-order chi connectivity index (χ0) is 14.4. The van der Waals surface area contributed by atoms with E-state index in [4.69, 9.17) is 11.6 Å². The molecule has 20 heavy (non-hydrogen) atoms. The third kappa shape index (κ3) is 4.00. The second-order valence-electron chi connectivity index (χ2n) is 3.90. The maximum atomic E-state index is 11.5. The SMILES string of the molecule is O=C(N/N=C/c1ccc(O)c(Cl)c1)Nc1ccccc1. The lowest BCUT2D eigenvalue weighted by Gasteiger charge is -2.03. The minimum absolute atomic E-state index is 0.00130. The number of hydrogen-bond acceptors (Lipinski definition) is 3. The number of phenolic OH excluding ortho intramolecular Hbond substituents is 1. The number of urea groups is 1. The predicted molar refractivity (Wildman–Crippen MR) is 79.3 cm³/mol. The Hall–Kier alpha value is -2.53. The number of hydrazone groups is 1. The number of amides is 2. The first-order valence-electron chi connectivity index (χ1n) is 5.79. The molecule has 0 spiro atoms. The minimum Gasteiger partial charge on any atom is -0.506 e. The van der Waals surface area contributed by atoms with E-state index in [1.807, 2.05) is 18.2 Å². The number of hydrogen-bond donors (Lipinski definition) is 3. The van der Waals surface area contributed by atoms with Gasteiger partial charge in [-0.1, -0.05) is 29.8 Å². The van der Waals surface area contributed by atoms with Gasteiger partial charge in [-0.3, -0.25) is 0 Å². The molecule has 2 rings (SSSR count). The Morgan fingerprint density at radius 2 is 1.95 bits per heavy atom. The van der Waals surface area contributed by atoms with Crippen LogP contribution in [0, 0.1) is 0 Å². The molecule has 6 heteroatoms. The van der Waals surface area contributed by atoms with E-state index in [1.165, 1.54) is 18.3 Å². The lowest BCUT2D eigenvalue weighted by molar-refractivity contribution is 0.252. The summed E-state index contributed by atoms with van der Waals surface area (Å²) in [6, 6.07) is 13.2. The number of anilines is 1. The summed E-state index contributed by atoms with van der Waals surface area (Å²) in [6.07, 6.45) is 1.43. The van der Waals surface area contributed by atoms with Gasteiger partial charge in [-0.25, -0.2) is 10.2 Å². The van der Waals surface area contributed by atoms with Crippen LogP contribution < -0.4 is 10.7 Å². The number of carbonyl (C=O) groups is 1. The molecule has 0 saturated carbocycles. The van der Waals surface area contributed by atoms with E-state index >= 15 is 0 Å². The molecule has 0 aliphatic heterocycles. The smallest absolute Gasteiger partial charge is 0.339 e. The van der Waals surface area contributed by atoms with Gasteiger partial charge in [0, 0.05) is 5.69 Å². The fourth-order valence-corrected chi connectivity index (χ4v) is 1.64. The van der Waals surface area contributed by atoms with Gasteiger partial charge in [-0.05, 0) is 35.9 Å². The van der Waals surface area contributed by atoms with Gasteiger partial charge in [0.1, 0.15) is 5.75 Å². The maximum absolute atomic E-state index is 11.5. The first-order valence-corrected chi connectivity index (χ1v) is 6.16. The summed E-state index contributed by atoms with van der Waals surface area (Å²) in [4.78, 5) is 11.5. The number of rotatable bonds is 3.